The molecule has 0 atom stereocenters. The number of pyridine rings is 1. The smallest absolute Gasteiger partial charge is 0.157 e. The van der Waals surface area contributed by atoms with Crippen molar-refractivity contribution in [2.24, 2.45) is 0 Å². The van der Waals surface area contributed by atoms with Crippen LogP contribution in [0.1, 0.15) is 36.9 Å². The normalized spacial score (nSPS) is 10.9. The van der Waals surface area contributed by atoms with Crippen molar-refractivity contribution in [3.8, 4) is 22.4 Å². The molecule has 29 heavy (non-hydrogen) atoms. The Balaban J connectivity index is 0.00000240. The summed E-state index contributed by atoms with van der Waals surface area (Å²) in [6.07, 6.45) is 7.26. The highest BCUT2D eigenvalue weighted by Crippen LogP contribution is 2.34. The number of hydrogen-bond acceptors (Lipinski definition) is 5. The van der Waals surface area contributed by atoms with Crippen LogP contribution in [0.5, 0.6) is 0 Å². The highest BCUT2D eigenvalue weighted by Gasteiger charge is 2.20. The molecule has 0 aliphatic rings. The van der Waals surface area contributed by atoms with Crippen molar-refractivity contribution in [2.45, 2.75) is 33.2 Å². The minimum Gasteiger partial charge on any atom is -0.365 e. The Morgan fingerprint density at radius 2 is 1.93 bits per heavy atom. The lowest BCUT2D eigenvalue weighted by Crippen LogP contribution is -2.27. The zero-order valence-electron chi connectivity index (χ0n) is 16.7. The second-order valence-corrected chi connectivity index (χ2v) is 8.70. The van der Waals surface area contributed by atoms with Crippen LogP contribution in [0.15, 0.2) is 49.1 Å². The summed E-state index contributed by atoms with van der Waals surface area (Å²) >= 11 is 1.63. The molecule has 0 saturated carbocycles. The third-order valence-corrected chi connectivity index (χ3v) is 5.00. The standard InChI is InChI=1S/C22H21N5S.ClH/c1-15-9-10-24-16(13-15)5-6-17-7-8-18(28-17)20-21(26-22(2,3)4)27-12-11-23-14-19(27)25-20;/h7-14,26H,1-4H3;1H. The molecule has 4 aromatic heterocycles. The van der Waals surface area contributed by atoms with Crippen LogP contribution in [-0.4, -0.2) is 24.9 Å². The van der Waals surface area contributed by atoms with Gasteiger partial charge in [0, 0.05) is 24.1 Å². The molecule has 0 aliphatic carbocycles. The van der Waals surface area contributed by atoms with E-state index in [1.807, 2.05) is 35.7 Å². The number of imidazole rings is 1. The van der Waals surface area contributed by atoms with Gasteiger partial charge in [0.2, 0.25) is 0 Å². The van der Waals surface area contributed by atoms with Crippen LogP contribution in [-0.2, 0) is 0 Å². The van der Waals surface area contributed by atoms with Crippen molar-refractivity contribution in [1.29, 1.82) is 0 Å². The van der Waals surface area contributed by atoms with Gasteiger partial charge < -0.3 is 5.32 Å². The predicted molar refractivity (Wildman–Crippen MR) is 122 cm³/mol. The molecule has 4 rings (SSSR count). The zero-order valence-corrected chi connectivity index (χ0v) is 18.4. The summed E-state index contributed by atoms with van der Waals surface area (Å²) in [7, 11) is 0. The number of hydrogen-bond donors (Lipinski definition) is 1. The summed E-state index contributed by atoms with van der Waals surface area (Å²) < 4.78 is 2.04. The fourth-order valence-corrected chi connectivity index (χ4v) is 3.67. The average molecular weight is 424 g/mol. The van der Waals surface area contributed by atoms with Crippen LogP contribution in [0.3, 0.4) is 0 Å². The molecule has 1 N–H and O–H groups in total. The van der Waals surface area contributed by atoms with Gasteiger partial charge in [-0.3, -0.25) is 9.38 Å². The lowest BCUT2D eigenvalue weighted by atomic mass is 10.1. The zero-order chi connectivity index (χ0) is 19.7. The van der Waals surface area contributed by atoms with E-state index in [2.05, 4.69) is 54.0 Å². The van der Waals surface area contributed by atoms with Crippen LogP contribution < -0.4 is 5.32 Å². The fourth-order valence-electron chi connectivity index (χ4n) is 2.82. The molecule has 0 bridgehead atoms. The lowest BCUT2D eigenvalue weighted by molar-refractivity contribution is 0.629. The van der Waals surface area contributed by atoms with Crippen molar-refractivity contribution in [1.82, 2.24) is 19.4 Å². The first-order valence-corrected chi connectivity index (χ1v) is 9.86. The van der Waals surface area contributed by atoms with E-state index in [9.17, 15) is 0 Å². The Labute approximate surface area is 180 Å². The van der Waals surface area contributed by atoms with Gasteiger partial charge in [-0.05, 0) is 69.4 Å². The molecule has 0 amide bonds. The van der Waals surface area contributed by atoms with E-state index in [1.54, 1.807) is 29.9 Å². The van der Waals surface area contributed by atoms with Crippen LogP contribution in [0.4, 0.5) is 5.82 Å². The second kappa shape index (κ2) is 8.24. The molecule has 0 unspecified atom stereocenters. The molecular formula is C22H22ClN5S. The molecule has 0 saturated heterocycles. The third-order valence-electron chi connectivity index (χ3n) is 3.99. The number of nitrogens with one attached hydrogen (secondary N) is 1. The quantitative estimate of drug-likeness (QED) is 0.450. The first kappa shape index (κ1) is 20.8. The fraction of sp³-hybridized carbons (Fsp3) is 0.227. The summed E-state index contributed by atoms with van der Waals surface area (Å²) in [4.78, 5) is 15.3. The minimum absolute atomic E-state index is 0. The molecule has 0 spiro atoms. The highest BCUT2D eigenvalue weighted by atomic mass is 35.5. The first-order valence-electron chi connectivity index (χ1n) is 9.04. The van der Waals surface area contributed by atoms with Gasteiger partial charge in [0.25, 0.3) is 0 Å². The number of anilines is 1. The van der Waals surface area contributed by atoms with E-state index in [4.69, 9.17) is 4.98 Å². The summed E-state index contributed by atoms with van der Waals surface area (Å²) in [5, 5.41) is 3.58. The van der Waals surface area contributed by atoms with Crippen LogP contribution >= 0.6 is 23.7 Å². The molecule has 0 aliphatic heterocycles. The topological polar surface area (TPSA) is 55.1 Å². The Bertz CT molecular complexity index is 1210. The Hall–Kier alpha value is -2.88. The summed E-state index contributed by atoms with van der Waals surface area (Å²) in [5.41, 5.74) is 3.57. The number of nitrogens with zero attached hydrogens (tertiary/aromatic N) is 4. The van der Waals surface area contributed by atoms with Crippen molar-refractivity contribution in [2.75, 3.05) is 5.32 Å². The summed E-state index contributed by atoms with van der Waals surface area (Å²) in [5.74, 6) is 7.33. The SMILES string of the molecule is Cc1ccnc(C#Cc2ccc(-c3nc4cnccn4c3NC(C)(C)C)s2)c1.Cl. The molecule has 0 radical (unpaired) electrons. The lowest BCUT2D eigenvalue weighted by Gasteiger charge is -2.22. The van der Waals surface area contributed by atoms with Gasteiger partial charge in [-0.2, -0.15) is 0 Å². The molecule has 4 aromatic rings. The Morgan fingerprint density at radius 1 is 1.10 bits per heavy atom. The van der Waals surface area contributed by atoms with Gasteiger partial charge in [0.1, 0.15) is 17.2 Å². The highest BCUT2D eigenvalue weighted by molar-refractivity contribution is 7.16. The molecule has 148 valence electrons. The molecule has 0 aromatic carbocycles. The Kier molecular flexibility index (Phi) is 5.92. The van der Waals surface area contributed by atoms with E-state index in [0.717, 1.165) is 38.2 Å². The molecule has 5 nitrogen and oxygen atoms in total. The molecular weight excluding hydrogens is 402 g/mol. The monoisotopic (exact) mass is 423 g/mol. The molecule has 4 heterocycles. The first-order chi connectivity index (χ1) is 13.4. The average Bonchev–Trinajstić information content (AvgIpc) is 3.24. The van der Waals surface area contributed by atoms with Gasteiger partial charge in [-0.15, -0.1) is 23.7 Å². The number of halogens is 1. The van der Waals surface area contributed by atoms with Gasteiger partial charge in [-0.25, -0.2) is 9.97 Å². The number of aryl methyl sites for hydroxylation is 1. The van der Waals surface area contributed by atoms with E-state index >= 15 is 0 Å². The number of rotatable bonds is 2. The van der Waals surface area contributed by atoms with Gasteiger partial charge in [0.05, 0.1) is 16.0 Å². The number of aromatic nitrogens is 4. The van der Waals surface area contributed by atoms with Gasteiger partial charge >= 0.3 is 0 Å². The maximum Gasteiger partial charge on any atom is 0.157 e. The van der Waals surface area contributed by atoms with Crippen LogP contribution in [0, 0.1) is 18.8 Å². The van der Waals surface area contributed by atoms with Crippen molar-refractivity contribution in [3.05, 3.63) is 65.2 Å². The maximum atomic E-state index is 4.80. The van der Waals surface area contributed by atoms with Crippen molar-refractivity contribution >= 4 is 35.2 Å². The van der Waals surface area contributed by atoms with Crippen LogP contribution in [0.2, 0.25) is 0 Å². The van der Waals surface area contributed by atoms with Crippen LogP contribution in [0.25, 0.3) is 16.2 Å². The van der Waals surface area contributed by atoms with Gasteiger partial charge in [-0.1, -0.05) is 0 Å². The maximum absolute atomic E-state index is 4.80. The van der Waals surface area contributed by atoms with E-state index in [0.29, 0.717) is 0 Å². The Morgan fingerprint density at radius 3 is 2.69 bits per heavy atom. The summed E-state index contributed by atoms with van der Waals surface area (Å²) in [6, 6.07) is 8.06. The second-order valence-electron chi connectivity index (χ2n) is 7.62. The number of fused-ring (bicyclic) bond motifs is 1. The van der Waals surface area contributed by atoms with E-state index in [-0.39, 0.29) is 17.9 Å². The van der Waals surface area contributed by atoms with E-state index < -0.39 is 0 Å². The molecule has 0 fully saturated rings. The summed E-state index contributed by atoms with van der Waals surface area (Å²) in [6.45, 7) is 8.45. The minimum atomic E-state index is -0.0925. The van der Waals surface area contributed by atoms with Gasteiger partial charge in [0.15, 0.2) is 5.65 Å². The third kappa shape index (κ3) is 4.76. The van der Waals surface area contributed by atoms with Crippen molar-refractivity contribution in [3.63, 3.8) is 0 Å². The van der Waals surface area contributed by atoms with Crippen molar-refractivity contribution < 1.29 is 0 Å². The van der Waals surface area contributed by atoms with E-state index in [1.165, 1.54) is 0 Å². The number of thiophene rings is 1. The predicted octanol–water partition coefficient (Wildman–Crippen LogP) is 5.19. The largest absolute Gasteiger partial charge is 0.365 e. The molecule has 7 heteroatoms.